The third-order valence-electron chi connectivity index (χ3n) is 6.00. The van der Waals surface area contributed by atoms with Crippen LogP contribution in [0.3, 0.4) is 0 Å². The van der Waals surface area contributed by atoms with Gasteiger partial charge in [0.25, 0.3) is 5.69 Å². The van der Waals surface area contributed by atoms with Crippen LogP contribution in [0, 0.1) is 21.4 Å². The van der Waals surface area contributed by atoms with Crippen LogP contribution in [-0.2, 0) is 13.2 Å². The molecular weight excluding hydrogens is 544 g/mol. The summed E-state index contributed by atoms with van der Waals surface area (Å²) in [7, 11) is 1.50. The van der Waals surface area contributed by atoms with E-state index in [1.165, 1.54) is 31.4 Å². The molecule has 0 saturated carbocycles. The maximum absolute atomic E-state index is 10.9. The van der Waals surface area contributed by atoms with E-state index in [1.54, 1.807) is 18.2 Å². The van der Waals surface area contributed by atoms with Crippen LogP contribution in [0.15, 0.2) is 84.9 Å². The van der Waals surface area contributed by atoms with Crippen molar-refractivity contribution in [2.45, 2.75) is 20.1 Å². The van der Waals surface area contributed by atoms with Gasteiger partial charge in [-0.15, -0.1) is 0 Å². The number of non-ortho nitro benzene ring substituents is 1. The van der Waals surface area contributed by atoms with E-state index in [0.29, 0.717) is 57.9 Å². The minimum Gasteiger partial charge on any atom is -0.493 e. The van der Waals surface area contributed by atoms with Gasteiger partial charge in [0.2, 0.25) is 0 Å². The van der Waals surface area contributed by atoms with Gasteiger partial charge in [0, 0.05) is 12.1 Å². The topological polar surface area (TPSA) is 104 Å². The number of allylic oxidation sites excluding steroid dienone is 1. The van der Waals surface area contributed by atoms with Crippen molar-refractivity contribution < 1.29 is 23.9 Å². The molecule has 0 amide bonds. The minimum absolute atomic E-state index is 0.0556. The van der Waals surface area contributed by atoms with E-state index < -0.39 is 4.92 Å². The quantitative estimate of drug-likeness (QED) is 0.0738. The number of hydrogen-bond donors (Lipinski definition) is 0. The summed E-state index contributed by atoms with van der Waals surface area (Å²) in [6, 6.07) is 26.7. The zero-order chi connectivity index (χ0) is 29.2. The van der Waals surface area contributed by atoms with Crippen molar-refractivity contribution in [3.63, 3.8) is 0 Å². The zero-order valence-electron chi connectivity index (χ0n) is 22.5. The number of nitro groups is 1. The summed E-state index contributed by atoms with van der Waals surface area (Å²) < 4.78 is 23.4. The fraction of sp³-hybridized carbons (Fsp3) is 0.156. The van der Waals surface area contributed by atoms with Crippen molar-refractivity contribution >= 4 is 28.9 Å². The summed E-state index contributed by atoms with van der Waals surface area (Å²) >= 11 is 6.58. The van der Waals surface area contributed by atoms with Crippen molar-refractivity contribution in [1.29, 1.82) is 5.26 Å². The summed E-state index contributed by atoms with van der Waals surface area (Å²) in [5, 5.41) is 20.9. The van der Waals surface area contributed by atoms with Gasteiger partial charge in [0.15, 0.2) is 23.0 Å². The molecule has 4 aromatic rings. The Morgan fingerprint density at radius 3 is 2.29 bits per heavy atom. The van der Waals surface area contributed by atoms with Crippen LogP contribution in [0.25, 0.3) is 11.6 Å². The lowest BCUT2D eigenvalue weighted by atomic mass is 10.0. The average Bonchev–Trinajstić information content (AvgIpc) is 2.99. The van der Waals surface area contributed by atoms with E-state index >= 15 is 0 Å². The number of halogens is 1. The first-order valence-corrected chi connectivity index (χ1v) is 13.1. The molecule has 0 aromatic heterocycles. The summed E-state index contributed by atoms with van der Waals surface area (Å²) in [6.45, 7) is 2.99. The fourth-order valence-corrected chi connectivity index (χ4v) is 4.27. The molecule has 9 heteroatoms. The normalized spacial score (nSPS) is 10.9. The van der Waals surface area contributed by atoms with Gasteiger partial charge < -0.3 is 18.9 Å². The maximum atomic E-state index is 10.9. The Balaban J connectivity index is 1.51. The van der Waals surface area contributed by atoms with Crippen LogP contribution < -0.4 is 18.9 Å². The van der Waals surface area contributed by atoms with E-state index in [9.17, 15) is 15.4 Å². The molecule has 41 heavy (non-hydrogen) atoms. The standard InChI is InChI=1S/C32H27ClN2O6/c1-3-39-30-17-23(9-14-29(30)40-20-22-7-5-4-6-8-22)21-41-32-28(33)16-24(18-31(32)38-2)15-26(19-34)25-10-12-27(13-11-25)35(36)37/h4-18H,3,20-21H2,1-2H3/b26-15+. The van der Waals surface area contributed by atoms with Gasteiger partial charge in [-0.3, -0.25) is 10.1 Å². The molecule has 0 atom stereocenters. The second kappa shape index (κ2) is 13.9. The van der Waals surface area contributed by atoms with Gasteiger partial charge in [-0.2, -0.15) is 5.26 Å². The molecule has 0 spiro atoms. The van der Waals surface area contributed by atoms with E-state index in [2.05, 4.69) is 6.07 Å². The lowest BCUT2D eigenvalue weighted by molar-refractivity contribution is -0.384. The molecule has 0 unspecified atom stereocenters. The Morgan fingerprint density at radius 1 is 0.902 bits per heavy atom. The summed E-state index contributed by atoms with van der Waals surface area (Å²) in [5.74, 6) is 1.98. The molecular formula is C32H27ClN2O6. The Hall–Kier alpha value is -5.00. The predicted octanol–water partition coefficient (Wildman–Crippen LogP) is 7.88. The first-order valence-electron chi connectivity index (χ1n) is 12.7. The van der Waals surface area contributed by atoms with E-state index in [0.717, 1.165) is 11.1 Å². The van der Waals surface area contributed by atoms with Crippen molar-refractivity contribution in [1.82, 2.24) is 0 Å². The fourth-order valence-electron chi connectivity index (χ4n) is 3.99. The number of methoxy groups -OCH3 is 1. The first-order chi connectivity index (χ1) is 19.9. The molecule has 0 saturated heterocycles. The maximum Gasteiger partial charge on any atom is 0.269 e. The van der Waals surface area contributed by atoms with Crippen molar-refractivity contribution in [2.24, 2.45) is 0 Å². The Bertz CT molecular complexity index is 1580. The average molecular weight is 571 g/mol. The highest BCUT2D eigenvalue weighted by atomic mass is 35.5. The Kier molecular flexibility index (Phi) is 9.81. The predicted molar refractivity (Wildman–Crippen MR) is 157 cm³/mol. The molecule has 0 aliphatic rings. The molecule has 0 bridgehead atoms. The number of benzene rings is 4. The van der Waals surface area contributed by atoms with Gasteiger partial charge >= 0.3 is 0 Å². The molecule has 0 aliphatic heterocycles. The largest absolute Gasteiger partial charge is 0.493 e. The highest BCUT2D eigenvalue weighted by Crippen LogP contribution is 2.38. The molecule has 0 radical (unpaired) electrons. The van der Waals surface area contributed by atoms with Crippen molar-refractivity contribution in [3.05, 3.63) is 122 Å². The van der Waals surface area contributed by atoms with E-state index in [-0.39, 0.29) is 12.3 Å². The van der Waals surface area contributed by atoms with Gasteiger partial charge in [-0.1, -0.05) is 48.0 Å². The van der Waals surface area contributed by atoms with Gasteiger partial charge in [-0.25, -0.2) is 0 Å². The molecule has 4 aromatic carbocycles. The third kappa shape index (κ3) is 7.56. The number of hydrogen-bond acceptors (Lipinski definition) is 7. The number of nitro benzene ring substituents is 1. The Labute approximate surface area is 243 Å². The molecule has 0 heterocycles. The second-order valence-corrected chi connectivity index (χ2v) is 9.19. The molecule has 4 rings (SSSR count). The van der Waals surface area contributed by atoms with Gasteiger partial charge in [0.1, 0.15) is 13.2 Å². The highest BCUT2D eigenvalue weighted by Gasteiger charge is 2.15. The number of ether oxygens (including phenoxy) is 4. The second-order valence-electron chi connectivity index (χ2n) is 8.78. The third-order valence-corrected chi connectivity index (χ3v) is 6.28. The lowest BCUT2D eigenvalue weighted by Crippen LogP contribution is -2.02. The molecule has 0 fully saturated rings. The SMILES string of the molecule is CCOc1cc(COc2c(Cl)cc(/C=C(\C#N)c3ccc([N+](=O)[O-])cc3)cc2OC)ccc1OCc1ccccc1. The van der Waals surface area contributed by atoms with Crippen molar-refractivity contribution in [2.75, 3.05) is 13.7 Å². The van der Waals surface area contributed by atoms with Crippen LogP contribution in [0.2, 0.25) is 5.02 Å². The molecule has 8 nitrogen and oxygen atoms in total. The zero-order valence-corrected chi connectivity index (χ0v) is 23.3. The summed E-state index contributed by atoms with van der Waals surface area (Å²) in [5.41, 5.74) is 3.29. The van der Waals surface area contributed by atoms with Gasteiger partial charge in [0.05, 0.1) is 35.3 Å². The van der Waals surface area contributed by atoms with Crippen molar-refractivity contribution in [3.8, 4) is 29.1 Å². The molecule has 0 N–H and O–H groups in total. The number of nitrogens with zero attached hydrogens (tertiary/aromatic N) is 2. The van der Waals surface area contributed by atoms with Crippen LogP contribution in [0.4, 0.5) is 5.69 Å². The number of rotatable bonds is 12. The monoisotopic (exact) mass is 570 g/mol. The molecule has 0 aliphatic carbocycles. The van der Waals surface area contributed by atoms with Crippen LogP contribution in [-0.4, -0.2) is 18.6 Å². The number of nitriles is 1. The first kappa shape index (κ1) is 29.0. The molecule has 208 valence electrons. The van der Waals surface area contributed by atoms with Crippen LogP contribution >= 0.6 is 11.6 Å². The van der Waals surface area contributed by atoms with Crippen LogP contribution in [0.1, 0.15) is 29.2 Å². The smallest absolute Gasteiger partial charge is 0.269 e. The summed E-state index contributed by atoms with van der Waals surface area (Å²) in [4.78, 5) is 10.4. The van der Waals surface area contributed by atoms with E-state index in [4.69, 9.17) is 30.5 Å². The summed E-state index contributed by atoms with van der Waals surface area (Å²) in [6.07, 6.45) is 1.63. The van der Waals surface area contributed by atoms with Gasteiger partial charge in [-0.05, 0) is 71.7 Å². The Morgan fingerprint density at radius 2 is 1.63 bits per heavy atom. The van der Waals surface area contributed by atoms with Crippen LogP contribution in [0.5, 0.6) is 23.0 Å². The van der Waals surface area contributed by atoms with E-state index in [1.807, 2.05) is 55.5 Å². The highest BCUT2D eigenvalue weighted by molar-refractivity contribution is 6.32. The minimum atomic E-state index is -0.491. The lowest BCUT2D eigenvalue weighted by Gasteiger charge is -2.16.